The third-order valence-electron chi connectivity index (χ3n) is 4.70. The van der Waals surface area contributed by atoms with Crippen LogP contribution in [0.2, 0.25) is 0 Å². The molecule has 30 heavy (non-hydrogen) atoms. The maximum Gasteiger partial charge on any atom is 0.249 e. The lowest BCUT2D eigenvalue weighted by Gasteiger charge is -2.21. The first-order valence-electron chi connectivity index (χ1n) is 9.92. The molecule has 0 saturated carbocycles. The van der Waals surface area contributed by atoms with Gasteiger partial charge in [0.1, 0.15) is 0 Å². The molecule has 0 fully saturated rings. The van der Waals surface area contributed by atoms with Gasteiger partial charge >= 0.3 is 0 Å². The van der Waals surface area contributed by atoms with Crippen molar-refractivity contribution in [3.63, 3.8) is 0 Å². The highest BCUT2D eigenvalue weighted by molar-refractivity contribution is 7.09. The molecule has 0 saturated heterocycles. The van der Waals surface area contributed by atoms with E-state index in [0.29, 0.717) is 11.0 Å². The summed E-state index contributed by atoms with van der Waals surface area (Å²) in [6.45, 7) is 5.00. The van der Waals surface area contributed by atoms with Crippen molar-refractivity contribution in [1.82, 2.24) is 9.36 Å². The van der Waals surface area contributed by atoms with Gasteiger partial charge in [-0.25, -0.2) is 4.57 Å². The van der Waals surface area contributed by atoms with Crippen molar-refractivity contribution >= 4 is 28.0 Å². The molecule has 0 aliphatic carbocycles. The van der Waals surface area contributed by atoms with Crippen LogP contribution in [0.25, 0.3) is 11.4 Å². The zero-order valence-corrected chi connectivity index (χ0v) is 17.6. The summed E-state index contributed by atoms with van der Waals surface area (Å²) in [5.74, 6) is 0.680. The Kier molecular flexibility index (Phi) is 6.51. The largest absolute Gasteiger partial charge is 0.365 e. The number of azo groups is 1. The highest BCUT2D eigenvalue weighted by atomic mass is 32.1. The minimum Gasteiger partial charge on any atom is -0.365 e. The number of hydrogen-bond acceptors (Lipinski definition) is 6. The summed E-state index contributed by atoms with van der Waals surface area (Å²) in [5.41, 5.74) is 2.95. The Bertz CT molecular complexity index is 1080. The molecule has 2 aromatic carbocycles. The number of benzene rings is 2. The fourth-order valence-corrected chi connectivity index (χ4v) is 3.60. The van der Waals surface area contributed by atoms with Crippen molar-refractivity contribution in [2.75, 3.05) is 18.0 Å². The SMILES string of the molecule is CCN(CC[n+]1ccccc1)c1ccc(/N=N/c2nc(-c3ccccc3)ns2)cc1. The van der Waals surface area contributed by atoms with Crippen LogP contribution >= 0.6 is 11.5 Å². The summed E-state index contributed by atoms with van der Waals surface area (Å²) < 4.78 is 6.55. The van der Waals surface area contributed by atoms with Gasteiger partial charge in [0.15, 0.2) is 24.8 Å². The minimum absolute atomic E-state index is 0.549. The van der Waals surface area contributed by atoms with Crippen LogP contribution in [0.15, 0.2) is 95.4 Å². The third kappa shape index (κ3) is 5.12. The average Bonchev–Trinajstić information content (AvgIpc) is 3.29. The van der Waals surface area contributed by atoms with Crippen LogP contribution in [0.1, 0.15) is 6.92 Å². The lowest BCUT2D eigenvalue weighted by molar-refractivity contribution is -0.694. The molecule has 0 N–H and O–H groups in total. The molecule has 7 heteroatoms. The molecule has 0 amide bonds. The van der Waals surface area contributed by atoms with Gasteiger partial charge in [0, 0.05) is 41.5 Å². The fraction of sp³-hybridized carbons (Fsp3) is 0.174. The van der Waals surface area contributed by atoms with E-state index < -0.39 is 0 Å². The molecular formula is C23H23N6S+. The van der Waals surface area contributed by atoms with E-state index in [4.69, 9.17) is 0 Å². The lowest BCUT2D eigenvalue weighted by Crippen LogP contribution is -2.40. The molecule has 0 unspecified atom stereocenters. The maximum absolute atomic E-state index is 4.44. The summed E-state index contributed by atoms with van der Waals surface area (Å²) in [7, 11) is 0. The predicted molar refractivity (Wildman–Crippen MR) is 120 cm³/mol. The Labute approximate surface area is 180 Å². The number of anilines is 1. The summed E-state index contributed by atoms with van der Waals surface area (Å²) in [6.07, 6.45) is 4.18. The zero-order chi connectivity index (χ0) is 20.6. The summed E-state index contributed by atoms with van der Waals surface area (Å²) in [4.78, 5) is 6.79. The highest BCUT2D eigenvalue weighted by Gasteiger charge is 2.08. The molecule has 0 spiro atoms. The van der Waals surface area contributed by atoms with Crippen LogP contribution in [-0.4, -0.2) is 22.4 Å². The second kappa shape index (κ2) is 9.84. The van der Waals surface area contributed by atoms with Crippen molar-refractivity contribution in [2.45, 2.75) is 13.5 Å². The Hall–Kier alpha value is -3.45. The van der Waals surface area contributed by atoms with Gasteiger partial charge in [0.05, 0.1) is 12.2 Å². The molecule has 0 atom stereocenters. The summed E-state index contributed by atoms with van der Waals surface area (Å²) >= 11 is 1.25. The Morgan fingerprint density at radius 2 is 1.63 bits per heavy atom. The Morgan fingerprint density at radius 3 is 2.37 bits per heavy atom. The number of hydrogen-bond donors (Lipinski definition) is 0. The Morgan fingerprint density at radius 1 is 0.900 bits per heavy atom. The molecule has 0 aliphatic heterocycles. The van der Waals surface area contributed by atoms with Gasteiger partial charge in [-0.15, -0.1) is 10.2 Å². The monoisotopic (exact) mass is 415 g/mol. The van der Waals surface area contributed by atoms with E-state index in [1.165, 1.54) is 17.2 Å². The van der Waals surface area contributed by atoms with Gasteiger partial charge in [-0.1, -0.05) is 36.4 Å². The molecule has 4 rings (SSSR count). The number of pyridine rings is 1. The predicted octanol–water partition coefficient (Wildman–Crippen LogP) is 5.43. The first kappa shape index (κ1) is 19.8. The van der Waals surface area contributed by atoms with E-state index in [1.54, 1.807) is 0 Å². The minimum atomic E-state index is 0.549. The van der Waals surface area contributed by atoms with Crippen molar-refractivity contribution in [3.8, 4) is 11.4 Å². The van der Waals surface area contributed by atoms with Gasteiger partial charge in [0.2, 0.25) is 5.13 Å². The normalized spacial score (nSPS) is 11.1. The molecule has 4 aromatic rings. The molecule has 2 heterocycles. The highest BCUT2D eigenvalue weighted by Crippen LogP contribution is 2.25. The van der Waals surface area contributed by atoms with Crippen LogP contribution in [0.5, 0.6) is 0 Å². The van der Waals surface area contributed by atoms with Crippen molar-refractivity contribution in [3.05, 3.63) is 85.2 Å². The van der Waals surface area contributed by atoms with Crippen LogP contribution in [-0.2, 0) is 6.54 Å². The van der Waals surface area contributed by atoms with Gasteiger partial charge in [-0.05, 0) is 31.2 Å². The standard InChI is InChI=1S/C23H23N6S/c1-2-29(18-17-28-15-7-4-8-16-28)21-13-11-20(12-14-21)25-26-23-24-22(27-30-23)19-9-5-3-6-10-19/h3-16H,2,17-18H2,1H3/q+1/b26-25+. The fourth-order valence-electron chi connectivity index (χ4n) is 3.08. The molecule has 0 aliphatic rings. The smallest absolute Gasteiger partial charge is 0.249 e. The third-order valence-corrected chi connectivity index (χ3v) is 5.30. The van der Waals surface area contributed by atoms with Gasteiger partial charge in [-0.2, -0.15) is 9.36 Å². The maximum atomic E-state index is 4.44. The van der Waals surface area contributed by atoms with Gasteiger partial charge < -0.3 is 4.90 Å². The summed E-state index contributed by atoms with van der Waals surface area (Å²) in [6, 6.07) is 24.2. The first-order valence-corrected chi connectivity index (χ1v) is 10.7. The topological polar surface area (TPSA) is 57.6 Å². The summed E-state index contributed by atoms with van der Waals surface area (Å²) in [5, 5.41) is 9.11. The number of likely N-dealkylation sites (N-methyl/N-ethyl adjacent to an activating group) is 1. The van der Waals surface area contributed by atoms with E-state index in [2.05, 4.69) is 72.6 Å². The lowest BCUT2D eigenvalue weighted by atomic mass is 10.2. The second-order valence-electron chi connectivity index (χ2n) is 6.68. The molecular weight excluding hydrogens is 392 g/mol. The number of rotatable bonds is 8. The Balaban J connectivity index is 1.38. The molecule has 0 bridgehead atoms. The van der Waals surface area contributed by atoms with Crippen molar-refractivity contribution < 1.29 is 4.57 Å². The first-order chi connectivity index (χ1) is 14.8. The molecule has 6 nitrogen and oxygen atoms in total. The number of aromatic nitrogens is 3. The van der Waals surface area contributed by atoms with E-state index in [1.807, 2.05) is 48.5 Å². The van der Waals surface area contributed by atoms with Crippen molar-refractivity contribution in [2.24, 2.45) is 10.2 Å². The van der Waals surface area contributed by atoms with Gasteiger partial charge in [-0.3, -0.25) is 0 Å². The van der Waals surface area contributed by atoms with E-state index in [0.717, 1.165) is 30.9 Å². The van der Waals surface area contributed by atoms with Crippen LogP contribution < -0.4 is 9.47 Å². The number of nitrogens with zero attached hydrogens (tertiary/aromatic N) is 6. The average molecular weight is 416 g/mol. The van der Waals surface area contributed by atoms with Crippen LogP contribution in [0.4, 0.5) is 16.5 Å². The quantitative estimate of drug-likeness (QED) is 0.285. The van der Waals surface area contributed by atoms with Crippen molar-refractivity contribution in [1.29, 1.82) is 0 Å². The van der Waals surface area contributed by atoms with Crippen LogP contribution in [0, 0.1) is 0 Å². The van der Waals surface area contributed by atoms with E-state index in [9.17, 15) is 0 Å². The van der Waals surface area contributed by atoms with Gasteiger partial charge in [0.25, 0.3) is 0 Å². The molecule has 150 valence electrons. The second-order valence-corrected chi connectivity index (χ2v) is 7.41. The van der Waals surface area contributed by atoms with E-state index in [-0.39, 0.29) is 0 Å². The van der Waals surface area contributed by atoms with Crippen LogP contribution in [0.3, 0.4) is 0 Å². The molecule has 2 aromatic heterocycles. The van der Waals surface area contributed by atoms with E-state index >= 15 is 0 Å². The zero-order valence-electron chi connectivity index (χ0n) is 16.8. The molecule has 0 radical (unpaired) electrons.